The Morgan fingerprint density at radius 3 is 1.11 bits per heavy atom. The molecule has 0 aliphatic rings. The number of halogens is 9. The number of carbonyl (C=O) groups is 5. The average molecular weight is 2150 g/mol. The predicted molar refractivity (Wildman–Crippen MR) is 588 cm³/mol. The number of Topliss-reactive ketones (excluding diaryl/α,β-unsaturated/α-hetero) is 1. The molecule has 768 valence electrons. The number of aryl methyl sites for hydroxylation is 1. The minimum absolute atomic E-state index is 0. The molecular formula is C101H123Cl9N26O8. The second kappa shape index (κ2) is 69.2. The number of methoxy groups -OCH3 is 2. The Bertz CT molecular complexity index is 6220. The van der Waals surface area contributed by atoms with E-state index in [-0.39, 0.29) is 42.3 Å². The Hall–Kier alpha value is -12.9. The number of ketones is 2. The molecule has 9 aromatic heterocycles. The van der Waals surface area contributed by atoms with Crippen molar-refractivity contribution < 1.29 is 38.2 Å². The SMILES string of the molecule is CC(=O)NCCCNc1nccc(-c2ccnc(Nc3cccc(Cl)c3)n2)c1C.CC(=O)OC(C)=O.CC(=O)c1ccnc(Cl)c1C.COC(OC)N(C)C.Cc1c(-c2ccnc(Nc3cccc(Cl)c3)n2)ccnc1Cl.Cc1c(-c2ccnc(Nc3cccc(Cl)c3)n2)ccnc1NCCCN.Cc1c(C(=O)/C=C/N(C)C)ccnc1Cl.Cc1ccnc(Cl)c1C.Cl.NC(N)=Nc1cccc(Cl)c1.NCCCN. The van der Waals surface area contributed by atoms with Crippen molar-refractivity contribution >= 4 is 193 Å². The number of nitrogens with zero attached hydrogens (tertiary/aromatic N) is 15. The minimum Gasteiger partial charge on any atom is -0.394 e. The molecule has 0 aliphatic carbocycles. The quantitative estimate of drug-likeness (QED) is 0.00250. The topological polar surface area (TPSA) is 489 Å². The number of nitrogens with two attached hydrogens (primary N) is 5. The molecule has 0 radical (unpaired) electrons. The van der Waals surface area contributed by atoms with Gasteiger partial charge in [0.05, 0.1) is 22.8 Å². The maximum atomic E-state index is 11.7. The highest BCUT2D eigenvalue weighted by atomic mass is 35.5. The van der Waals surface area contributed by atoms with Gasteiger partial charge in [0.2, 0.25) is 30.2 Å². The van der Waals surface area contributed by atoms with Crippen molar-refractivity contribution in [2.75, 3.05) is 108 Å². The van der Waals surface area contributed by atoms with Crippen LogP contribution in [0.1, 0.15) is 107 Å². The third kappa shape index (κ3) is 48.5. The van der Waals surface area contributed by atoms with Crippen LogP contribution in [0.15, 0.2) is 225 Å². The molecule has 0 aliphatic heterocycles. The summed E-state index contributed by atoms with van der Waals surface area (Å²) in [5.41, 5.74) is 42.3. The number of allylic oxidation sites excluding steroid dienone is 1. The van der Waals surface area contributed by atoms with Gasteiger partial charge >= 0.3 is 11.9 Å². The Kier molecular flexibility index (Phi) is 60.2. The van der Waals surface area contributed by atoms with Crippen LogP contribution in [0.4, 0.5) is 52.2 Å². The summed E-state index contributed by atoms with van der Waals surface area (Å²) in [6, 6.07) is 45.9. The molecule has 34 nitrogen and oxygen atoms in total. The molecule has 0 saturated heterocycles. The zero-order chi connectivity index (χ0) is 106. The third-order valence-corrected chi connectivity index (χ3v) is 21.2. The number of carbonyl (C=O) groups excluding carboxylic acids is 5. The number of amides is 1. The Balaban J connectivity index is 0.000000429. The van der Waals surface area contributed by atoms with E-state index in [1.54, 1.807) is 119 Å². The largest absolute Gasteiger partial charge is 0.394 e. The van der Waals surface area contributed by atoms with Crippen molar-refractivity contribution in [3.05, 3.63) is 310 Å². The van der Waals surface area contributed by atoms with Crippen LogP contribution < -0.4 is 60.6 Å². The Morgan fingerprint density at radius 2 is 0.778 bits per heavy atom. The first kappa shape index (κ1) is 125. The van der Waals surface area contributed by atoms with Crippen LogP contribution >= 0.6 is 105 Å². The monoisotopic (exact) mass is 2140 g/mol. The summed E-state index contributed by atoms with van der Waals surface area (Å²) in [6.45, 7) is 23.1. The molecule has 0 spiro atoms. The van der Waals surface area contributed by atoms with E-state index in [0.29, 0.717) is 101 Å². The van der Waals surface area contributed by atoms with E-state index >= 15 is 0 Å². The van der Waals surface area contributed by atoms with E-state index in [0.717, 1.165) is 129 Å². The molecule has 0 atom stereocenters. The number of anilines is 8. The van der Waals surface area contributed by atoms with Crippen molar-refractivity contribution in [3.8, 4) is 33.8 Å². The summed E-state index contributed by atoms with van der Waals surface area (Å²) >= 11 is 47.0. The Morgan fingerprint density at radius 1 is 0.417 bits per heavy atom. The molecule has 0 bridgehead atoms. The number of pyridine rings is 6. The van der Waals surface area contributed by atoms with Crippen LogP contribution in [-0.2, 0) is 28.6 Å². The first-order valence-electron chi connectivity index (χ1n) is 44.0. The van der Waals surface area contributed by atoms with Gasteiger partial charge in [-0.1, -0.05) is 117 Å². The van der Waals surface area contributed by atoms with E-state index in [1.807, 2.05) is 183 Å². The second-order valence-electron chi connectivity index (χ2n) is 30.5. The van der Waals surface area contributed by atoms with E-state index in [1.165, 1.54) is 51.7 Å². The molecule has 0 unspecified atom stereocenters. The highest BCUT2D eigenvalue weighted by molar-refractivity contribution is 6.33. The minimum atomic E-state index is -0.562. The van der Waals surface area contributed by atoms with E-state index in [2.05, 4.69) is 101 Å². The van der Waals surface area contributed by atoms with Crippen LogP contribution in [0.25, 0.3) is 33.8 Å². The molecule has 9 heterocycles. The van der Waals surface area contributed by atoms with Crippen LogP contribution in [0.5, 0.6) is 0 Å². The third-order valence-electron chi connectivity index (χ3n) is 18.7. The average Bonchev–Trinajstić information content (AvgIpc) is 0.836. The number of ether oxygens (including phenoxy) is 3. The molecule has 4 aromatic carbocycles. The zero-order valence-corrected chi connectivity index (χ0v) is 89.9. The molecule has 16 N–H and O–H groups in total. The molecule has 144 heavy (non-hydrogen) atoms. The van der Waals surface area contributed by atoms with Gasteiger partial charge in [-0.25, -0.2) is 64.8 Å². The van der Waals surface area contributed by atoms with E-state index < -0.39 is 11.9 Å². The van der Waals surface area contributed by atoms with Gasteiger partial charge in [0, 0.05) is 213 Å². The van der Waals surface area contributed by atoms with Gasteiger partial charge in [-0.15, -0.1) is 12.4 Å². The number of nitrogens with one attached hydrogen (secondary N) is 6. The normalized spacial score (nSPS) is 10.1. The molecule has 0 saturated carbocycles. The van der Waals surface area contributed by atoms with Crippen LogP contribution in [0.2, 0.25) is 40.7 Å². The zero-order valence-electron chi connectivity index (χ0n) is 83.0. The van der Waals surface area contributed by atoms with Crippen LogP contribution in [0.3, 0.4) is 0 Å². The van der Waals surface area contributed by atoms with Crippen LogP contribution in [0, 0.1) is 48.5 Å². The lowest BCUT2D eigenvalue weighted by atomic mass is 10.1. The van der Waals surface area contributed by atoms with Crippen molar-refractivity contribution in [1.29, 1.82) is 0 Å². The lowest BCUT2D eigenvalue weighted by molar-refractivity contribution is -0.179. The molecule has 43 heteroatoms. The molecule has 1 amide bonds. The fourth-order valence-electron chi connectivity index (χ4n) is 11.5. The van der Waals surface area contributed by atoms with Gasteiger partial charge in [0.15, 0.2) is 17.5 Å². The van der Waals surface area contributed by atoms with Crippen LogP contribution in [-0.4, -0.2) is 193 Å². The van der Waals surface area contributed by atoms with Gasteiger partial charge in [-0.2, -0.15) is 0 Å². The molecule has 0 fully saturated rings. The highest BCUT2D eigenvalue weighted by Gasteiger charge is 2.16. The van der Waals surface area contributed by atoms with Crippen molar-refractivity contribution in [1.82, 2.24) is 74.9 Å². The Labute approximate surface area is 887 Å². The molecule has 13 rings (SSSR count). The van der Waals surface area contributed by atoms with Crippen molar-refractivity contribution in [2.24, 2.45) is 33.7 Å². The number of esters is 2. The first-order chi connectivity index (χ1) is 68.1. The second-order valence-corrected chi connectivity index (χ2v) is 33.7. The van der Waals surface area contributed by atoms with E-state index in [9.17, 15) is 24.0 Å². The molecule has 13 aromatic rings. The van der Waals surface area contributed by atoms with Gasteiger partial charge < -0.3 is 79.7 Å². The van der Waals surface area contributed by atoms with Crippen molar-refractivity contribution in [3.63, 3.8) is 0 Å². The standard InChI is InChI=1S/C21H23ClN6O.C19H21ClN6.C16H12Cl2N4.C11H13ClN2O.C8H8ClNO.C7H8ClN3.C7H8ClN.C5H13NO2.C4H6O3.C3H10N2.ClH/c1-14-18(7-11-25-20(14)24-10-4-9-23-15(2)29)19-8-12-26-21(28-19)27-17-6-3-5-16(22)13-17;1-13-16(6-10-23-18(13)22-9-3-8-21)17-7-11-24-19(26-17)25-15-5-2-4-14(20)12-15;1-10-13(5-7-19-15(10)18)14-6-8-20-16(22-14)21-12-4-2-3-11(17)9-12;1-8-9(4-6-13-11(8)12)10(15)5-7-14(2)3;1-5-7(6(2)11)3-4-10-8(5)9;8-5-2-1-3-6(4-5)11-7(9)10;1-5-3-4-9-7(8)6(5)2;1-6(2)5(7-3)8-4;1-3(5)7-4(2)6;4-2-1-3-5;/h3,5-8,11-13H,4,9-10H2,1-2H3,(H,23,29)(H,24,25)(H,26,27,28);2,4-7,10-12H,3,8-9,21H2,1H3,(H,22,23)(H,24,25,26);2-9H,1H3,(H,20,21,22);4-7H,1-3H3;3-4H,1-2H3;1-4H,(H4,9,10,11);3-4H,1-2H3;5H,1-4H3;1-2H3;1-5H2;1H/b;;;7-5+;;;;;;;. The fourth-order valence-corrected chi connectivity index (χ4v) is 13.0. The summed E-state index contributed by atoms with van der Waals surface area (Å²) in [5, 5.41) is 23.3. The number of hydrogen-bond acceptors (Lipinski definition) is 31. The summed E-state index contributed by atoms with van der Waals surface area (Å²) in [4.78, 5) is 112. The number of rotatable bonds is 28. The number of hydrogen-bond donors (Lipinski definition) is 11. The predicted octanol–water partition coefficient (Wildman–Crippen LogP) is 21.2. The highest BCUT2D eigenvalue weighted by Crippen LogP contribution is 2.32. The number of guanidine groups is 1. The van der Waals surface area contributed by atoms with Gasteiger partial charge in [-0.3, -0.25) is 28.9 Å². The first-order valence-corrected chi connectivity index (χ1v) is 47.1. The number of aliphatic imine (C=N–C) groups is 1. The van der Waals surface area contributed by atoms with E-state index in [4.69, 9.17) is 131 Å². The van der Waals surface area contributed by atoms with Gasteiger partial charge in [-0.05, 0) is 264 Å². The smallest absolute Gasteiger partial charge is 0.310 e. The van der Waals surface area contributed by atoms with Gasteiger partial charge in [0.1, 0.15) is 32.2 Å². The summed E-state index contributed by atoms with van der Waals surface area (Å²) in [6.07, 6.45) is 20.8. The molecular weight excluding hydrogens is 2020 g/mol. The van der Waals surface area contributed by atoms with Gasteiger partial charge in [0.25, 0.3) is 0 Å². The summed E-state index contributed by atoms with van der Waals surface area (Å²) in [7, 11) is 10.7. The maximum Gasteiger partial charge on any atom is 0.310 e. The summed E-state index contributed by atoms with van der Waals surface area (Å²) < 4.78 is 13.7. The lowest BCUT2D eigenvalue weighted by Gasteiger charge is -2.19. The number of aromatic nitrogens is 12. The maximum absolute atomic E-state index is 11.7. The van der Waals surface area contributed by atoms with Crippen molar-refractivity contribution in [2.45, 2.75) is 102 Å². The summed E-state index contributed by atoms with van der Waals surface area (Å²) in [5.74, 6) is 1.99. The lowest BCUT2D eigenvalue weighted by Crippen LogP contribution is -2.30. The number of benzene rings is 4. The fraction of sp³-hybridized carbons (Fsp3) is 0.267.